The molecule has 0 saturated heterocycles. The normalized spacial score (nSPS) is 13.0. The van der Waals surface area contributed by atoms with Crippen molar-refractivity contribution < 1.29 is 22.4 Å². The summed E-state index contributed by atoms with van der Waals surface area (Å²) in [6.07, 6.45) is -2.33. The van der Waals surface area contributed by atoms with Crippen molar-refractivity contribution in [1.82, 2.24) is 24.6 Å². The van der Waals surface area contributed by atoms with E-state index >= 15 is 0 Å². The maximum Gasteiger partial charge on any atom is 0.417 e. The van der Waals surface area contributed by atoms with Gasteiger partial charge in [-0.3, -0.25) is 14.5 Å². The highest BCUT2D eigenvalue weighted by Crippen LogP contribution is 2.34. The van der Waals surface area contributed by atoms with Crippen molar-refractivity contribution in [2.24, 2.45) is 7.05 Å². The number of anilines is 1. The van der Waals surface area contributed by atoms with Crippen molar-refractivity contribution in [2.75, 3.05) is 12.8 Å². The Balaban J connectivity index is 1.75. The van der Waals surface area contributed by atoms with Crippen LogP contribution < -0.4 is 5.73 Å². The number of hydrogen-bond donors (Lipinski definition) is 1. The van der Waals surface area contributed by atoms with Crippen molar-refractivity contribution in [1.29, 1.82) is 0 Å². The molecule has 3 heterocycles. The minimum Gasteiger partial charge on any atom is -0.383 e. The van der Waals surface area contributed by atoms with E-state index in [-0.39, 0.29) is 27.1 Å². The number of benzene rings is 1. The number of alkyl halides is 3. The van der Waals surface area contributed by atoms with E-state index in [0.29, 0.717) is 22.5 Å². The van der Waals surface area contributed by atoms with Crippen molar-refractivity contribution in [3.05, 3.63) is 57.7 Å². The lowest BCUT2D eigenvalue weighted by Gasteiger charge is -2.26. The number of aryl methyl sites for hydroxylation is 1. The van der Waals surface area contributed by atoms with Crippen LogP contribution in [0.15, 0.2) is 35.1 Å². The molecule has 33 heavy (non-hydrogen) atoms. The highest BCUT2D eigenvalue weighted by Gasteiger charge is 2.33. The number of rotatable bonds is 3. The standard InChI is InChI=1S/C21H17BrF4N6O/c1-9(17-14(22)4-10(7-28-17)21(24,25)26)31(2)20(33)11-5-12-16(6-15(11)23)30-19(27)13-8-29-32(3)18(12)13/h4-9H,1-3H3,(H2,27,30). The molecular formula is C21H17BrF4N6O. The lowest BCUT2D eigenvalue weighted by Crippen LogP contribution is -2.31. The lowest BCUT2D eigenvalue weighted by atomic mass is 10.1. The maximum atomic E-state index is 14.9. The van der Waals surface area contributed by atoms with Gasteiger partial charge in [0.15, 0.2) is 0 Å². The first kappa shape index (κ1) is 22.9. The van der Waals surface area contributed by atoms with Gasteiger partial charge < -0.3 is 10.6 Å². The molecule has 3 aromatic heterocycles. The zero-order chi connectivity index (χ0) is 24.2. The maximum absolute atomic E-state index is 14.9. The summed E-state index contributed by atoms with van der Waals surface area (Å²) in [4.78, 5) is 22.5. The van der Waals surface area contributed by atoms with E-state index in [2.05, 4.69) is 31.0 Å². The van der Waals surface area contributed by atoms with E-state index in [9.17, 15) is 22.4 Å². The SMILES string of the molecule is CC(c1ncc(C(F)(F)F)cc1Br)N(C)C(=O)c1cc2c(cc1F)nc(N)c1cnn(C)c12. The fourth-order valence-electron chi connectivity index (χ4n) is 3.60. The van der Waals surface area contributed by atoms with Gasteiger partial charge in [-0.2, -0.15) is 18.3 Å². The number of amides is 1. The molecule has 0 saturated carbocycles. The van der Waals surface area contributed by atoms with Crippen LogP contribution in [0, 0.1) is 5.82 Å². The molecule has 4 rings (SSSR count). The Morgan fingerprint density at radius 1 is 1.21 bits per heavy atom. The van der Waals surface area contributed by atoms with Crippen LogP contribution in [0.2, 0.25) is 0 Å². The van der Waals surface area contributed by atoms with Crippen LogP contribution in [0.4, 0.5) is 23.4 Å². The summed E-state index contributed by atoms with van der Waals surface area (Å²) in [5, 5.41) is 5.20. The second kappa shape index (κ2) is 7.94. The van der Waals surface area contributed by atoms with Gasteiger partial charge in [0, 0.05) is 36.2 Å². The summed E-state index contributed by atoms with van der Waals surface area (Å²) in [6.45, 7) is 1.58. The molecule has 7 nitrogen and oxygen atoms in total. The summed E-state index contributed by atoms with van der Waals surface area (Å²) >= 11 is 3.09. The van der Waals surface area contributed by atoms with Crippen molar-refractivity contribution in [3.63, 3.8) is 0 Å². The fraction of sp³-hybridized carbons (Fsp3) is 0.238. The van der Waals surface area contributed by atoms with Crippen LogP contribution in [-0.4, -0.2) is 37.6 Å². The third-order valence-electron chi connectivity index (χ3n) is 5.52. The molecule has 172 valence electrons. The molecule has 4 aromatic rings. The second-order valence-corrected chi connectivity index (χ2v) is 8.41. The first-order valence-electron chi connectivity index (χ1n) is 9.60. The highest BCUT2D eigenvalue weighted by atomic mass is 79.9. The van der Waals surface area contributed by atoms with Crippen molar-refractivity contribution in [2.45, 2.75) is 19.1 Å². The number of aromatic nitrogens is 4. The number of nitrogens with two attached hydrogens (primary N) is 1. The van der Waals surface area contributed by atoms with Gasteiger partial charge in [0.1, 0.15) is 11.6 Å². The number of pyridine rings is 2. The number of hydrogen-bond acceptors (Lipinski definition) is 5. The Labute approximate surface area is 193 Å². The molecule has 0 fully saturated rings. The molecule has 1 atom stereocenters. The van der Waals surface area contributed by atoms with Crippen LogP contribution >= 0.6 is 15.9 Å². The van der Waals surface area contributed by atoms with Crippen LogP contribution in [-0.2, 0) is 13.2 Å². The molecule has 0 radical (unpaired) electrons. The third kappa shape index (κ3) is 3.88. The summed E-state index contributed by atoms with van der Waals surface area (Å²) in [5.74, 6) is -1.30. The van der Waals surface area contributed by atoms with Gasteiger partial charge in [0.25, 0.3) is 5.91 Å². The molecule has 12 heteroatoms. The number of halogens is 5. The van der Waals surface area contributed by atoms with E-state index < -0.39 is 29.5 Å². The van der Waals surface area contributed by atoms with Gasteiger partial charge in [-0.15, -0.1) is 0 Å². The molecule has 0 aliphatic heterocycles. The minimum atomic E-state index is -4.55. The first-order chi connectivity index (χ1) is 15.4. The van der Waals surface area contributed by atoms with Crippen LogP contribution in [0.25, 0.3) is 21.8 Å². The molecule has 0 bridgehead atoms. The van der Waals surface area contributed by atoms with E-state index in [1.165, 1.54) is 24.2 Å². The predicted octanol–water partition coefficient (Wildman–Crippen LogP) is 4.85. The molecule has 1 aromatic carbocycles. The minimum absolute atomic E-state index is 0.0831. The molecule has 1 unspecified atom stereocenters. The summed E-state index contributed by atoms with van der Waals surface area (Å²) in [6, 6.07) is 2.63. The van der Waals surface area contributed by atoms with E-state index in [1.54, 1.807) is 18.7 Å². The van der Waals surface area contributed by atoms with Crippen LogP contribution in [0.3, 0.4) is 0 Å². The van der Waals surface area contributed by atoms with E-state index in [0.717, 1.165) is 12.1 Å². The topological polar surface area (TPSA) is 89.9 Å². The highest BCUT2D eigenvalue weighted by molar-refractivity contribution is 9.10. The van der Waals surface area contributed by atoms with Crippen molar-refractivity contribution in [3.8, 4) is 0 Å². The third-order valence-corrected chi connectivity index (χ3v) is 6.16. The second-order valence-electron chi connectivity index (χ2n) is 7.56. The molecule has 1 amide bonds. The molecule has 2 N–H and O–H groups in total. The van der Waals surface area contributed by atoms with E-state index in [1.807, 2.05) is 0 Å². The average molecular weight is 525 g/mol. The van der Waals surface area contributed by atoms with E-state index in [4.69, 9.17) is 5.73 Å². The Hall–Kier alpha value is -3.28. The molecule has 0 aliphatic rings. The first-order valence-corrected chi connectivity index (χ1v) is 10.4. The Morgan fingerprint density at radius 2 is 1.91 bits per heavy atom. The smallest absolute Gasteiger partial charge is 0.383 e. The Morgan fingerprint density at radius 3 is 2.55 bits per heavy atom. The summed E-state index contributed by atoms with van der Waals surface area (Å²) in [7, 11) is 3.11. The average Bonchev–Trinajstić information content (AvgIpc) is 3.13. The summed E-state index contributed by atoms with van der Waals surface area (Å²) in [5.41, 5.74) is 5.85. The van der Waals surface area contributed by atoms with Gasteiger partial charge in [-0.25, -0.2) is 9.37 Å². The number of nitrogens with zero attached hydrogens (tertiary/aromatic N) is 5. The lowest BCUT2D eigenvalue weighted by molar-refractivity contribution is -0.137. The Bertz CT molecular complexity index is 1420. The number of fused-ring (bicyclic) bond motifs is 3. The quantitative estimate of drug-likeness (QED) is 0.387. The number of nitrogen functional groups attached to an aromatic ring is 1. The molecule has 0 aliphatic carbocycles. The zero-order valence-corrected chi connectivity index (χ0v) is 19.2. The van der Waals surface area contributed by atoms with Crippen LogP contribution in [0.1, 0.15) is 34.6 Å². The van der Waals surface area contributed by atoms with Gasteiger partial charge >= 0.3 is 6.18 Å². The monoisotopic (exact) mass is 524 g/mol. The fourth-order valence-corrected chi connectivity index (χ4v) is 4.28. The van der Waals surface area contributed by atoms with Crippen LogP contribution in [0.5, 0.6) is 0 Å². The zero-order valence-electron chi connectivity index (χ0n) is 17.6. The van der Waals surface area contributed by atoms with Gasteiger partial charge in [-0.1, -0.05) is 0 Å². The summed E-state index contributed by atoms with van der Waals surface area (Å²) < 4.78 is 55.4. The largest absolute Gasteiger partial charge is 0.417 e. The molecule has 0 spiro atoms. The number of carbonyl (C=O) groups is 1. The van der Waals surface area contributed by atoms with Gasteiger partial charge in [-0.05, 0) is 35.0 Å². The van der Waals surface area contributed by atoms with Crippen molar-refractivity contribution >= 4 is 49.5 Å². The number of carbonyl (C=O) groups excluding carboxylic acids is 1. The molecular weight excluding hydrogens is 508 g/mol. The Kier molecular flexibility index (Phi) is 5.51. The predicted molar refractivity (Wildman–Crippen MR) is 118 cm³/mol. The van der Waals surface area contributed by atoms with Gasteiger partial charge in [0.05, 0.1) is 45.5 Å². The van der Waals surface area contributed by atoms with Gasteiger partial charge in [0.2, 0.25) is 0 Å².